The molecular formula is C30H36N2O4. The summed E-state index contributed by atoms with van der Waals surface area (Å²) in [5, 5.41) is 12.7. The van der Waals surface area contributed by atoms with Crippen LogP contribution < -0.4 is 5.32 Å². The lowest BCUT2D eigenvalue weighted by Gasteiger charge is -2.27. The van der Waals surface area contributed by atoms with Crippen molar-refractivity contribution >= 4 is 17.7 Å². The van der Waals surface area contributed by atoms with Gasteiger partial charge in [0, 0.05) is 24.8 Å². The highest BCUT2D eigenvalue weighted by Crippen LogP contribution is 2.27. The zero-order valence-electron chi connectivity index (χ0n) is 21.7. The molecule has 0 aliphatic carbocycles. The fourth-order valence-corrected chi connectivity index (χ4v) is 3.83. The van der Waals surface area contributed by atoms with E-state index in [1.165, 1.54) is 0 Å². The number of ether oxygens (including phenoxy) is 1. The van der Waals surface area contributed by atoms with E-state index >= 15 is 0 Å². The number of amides is 1. The van der Waals surface area contributed by atoms with E-state index in [2.05, 4.69) is 5.32 Å². The quantitative estimate of drug-likeness (QED) is 0.344. The van der Waals surface area contributed by atoms with Crippen LogP contribution in [0.25, 0.3) is 11.1 Å². The number of carbonyl (C=O) groups excluding carboxylic acids is 1. The van der Waals surface area contributed by atoms with Crippen LogP contribution in [-0.2, 0) is 17.7 Å². The molecule has 0 fully saturated rings. The fraction of sp³-hybridized carbons (Fsp3) is 0.333. The molecule has 6 nitrogen and oxygen atoms in total. The van der Waals surface area contributed by atoms with E-state index in [1.807, 2.05) is 101 Å². The first-order valence-electron chi connectivity index (χ1n) is 12.3. The third kappa shape index (κ3) is 7.87. The Bertz CT molecular complexity index is 1170. The molecule has 0 bridgehead atoms. The molecule has 0 saturated carbocycles. The highest BCUT2D eigenvalue weighted by molar-refractivity contribution is 5.95. The van der Waals surface area contributed by atoms with Gasteiger partial charge in [-0.05, 0) is 75.4 Å². The number of hydrogen-bond donors (Lipinski definition) is 2. The van der Waals surface area contributed by atoms with Crippen molar-refractivity contribution in [2.24, 2.45) is 0 Å². The predicted octanol–water partition coefficient (Wildman–Crippen LogP) is 6.85. The van der Waals surface area contributed by atoms with Crippen LogP contribution in [0.4, 0.5) is 10.5 Å². The van der Waals surface area contributed by atoms with Crippen molar-refractivity contribution in [3.63, 3.8) is 0 Å². The summed E-state index contributed by atoms with van der Waals surface area (Å²) in [7, 11) is 0. The molecule has 6 heteroatoms. The Balaban J connectivity index is 1.74. The zero-order valence-corrected chi connectivity index (χ0v) is 21.7. The maximum absolute atomic E-state index is 12.9. The van der Waals surface area contributed by atoms with E-state index in [0.29, 0.717) is 25.2 Å². The van der Waals surface area contributed by atoms with Gasteiger partial charge in [-0.3, -0.25) is 0 Å². The Labute approximate surface area is 213 Å². The average molecular weight is 489 g/mol. The first-order valence-corrected chi connectivity index (χ1v) is 12.3. The second-order valence-electron chi connectivity index (χ2n) is 10.2. The molecule has 0 aliphatic rings. The van der Waals surface area contributed by atoms with Gasteiger partial charge in [0.05, 0.1) is 5.56 Å². The van der Waals surface area contributed by atoms with E-state index < -0.39 is 11.6 Å². The van der Waals surface area contributed by atoms with Crippen molar-refractivity contribution in [1.82, 2.24) is 4.90 Å². The Morgan fingerprint density at radius 2 is 1.56 bits per heavy atom. The van der Waals surface area contributed by atoms with E-state index in [1.54, 1.807) is 11.0 Å². The largest absolute Gasteiger partial charge is 0.478 e. The number of anilines is 1. The monoisotopic (exact) mass is 488 g/mol. The van der Waals surface area contributed by atoms with Crippen molar-refractivity contribution in [2.75, 3.05) is 11.9 Å². The van der Waals surface area contributed by atoms with Gasteiger partial charge in [-0.1, -0.05) is 60.7 Å². The summed E-state index contributed by atoms with van der Waals surface area (Å²) in [6.07, 6.45) is 0.358. The summed E-state index contributed by atoms with van der Waals surface area (Å²) < 4.78 is 5.64. The van der Waals surface area contributed by atoms with Crippen molar-refractivity contribution in [3.8, 4) is 11.1 Å². The number of carboxylic acids is 1. The molecule has 3 rings (SSSR count). The minimum Gasteiger partial charge on any atom is -0.478 e. The Morgan fingerprint density at radius 3 is 2.14 bits per heavy atom. The van der Waals surface area contributed by atoms with Gasteiger partial charge in [-0.2, -0.15) is 0 Å². The van der Waals surface area contributed by atoms with Gasteiger partial charge in [0.1, 0.15) is 5.60 Å². The average Bonchev–Trinajstić information content (AvgIpc) is 2.81. The van der Waals surface area contributed by atoms with Crippen molar-refractivity contribution in [1.29, 1.82) is 0 Å². The van der Waals surface area contributed by atoms with E-state index in [-0.39, 0.29) is 17.7 Å². The number of nitrogens with zero attached hydrogens (tertiary/aromatic N) is 1. The normalized spacial score (nSPS) is 11.3. The van der Waals surface area contributed by atoms with Gasteiger partial charge in [-0.25, -0.2) is 9.59 Å². The number of nitrogens with one attached hydrogen (secondary N) is 1. The van der Waals surface area contributed by atoms with Crippen LogP contribution in [0.1, 0.15) is 56.1 Å². The molecule has 0 unspecified atom stereocenters. The van der Waals surface area contributed by atoms with Crippen LogP contribution in [0.5, 0.6) is 0 Å². The molecule has 2 N–H and O–H groups in total. The summed E-state index contributed by atoms with van der Waals surface area (Å²) in [4.78, 5) is 26.2. The zero-order chi connectivity index (χ0) is 26.3. The summed E-state index contributed by atoms with van der Waals surface area (Å²) in [5.74, 6) is -0.954. The molecule has 3 aromatic carbocycles. The molecule has 0 saturated heterocycles. The number of carbonyl (C=O) groups is 2. The Morgan fingerprint density at radius 1 is 0.917 bits per heavy atom. The molecule has 36 heavy (non-hydrogen) atoms. The van der Waals surface area contributed by atoms with Crippen molar-refractivity contribution < 1.29 is 19.4 Å². The lowest BCUT2D eigenvalue weighted by Crippen LogP contribution is -2.37. The highest BCUT2D eigenvalue weighted by atomic mass is 16.6. The first kappa shape index (κ1) is 26.8. The van der Waals surface area contributed by atoms with Crippen LogP contribution in [0.2, 0.25) is 0 Å². The molecule has 0 heterocycles. The first-order chi connectivity index (χ1) is 17.0. The number of aromatic carboxylic acids is 1. The van der Waals surface area contributed by atoms with Gasteiger partial charge >= 0.3 is 12.1 Å². The maximum Gasteiger partial charge on any atom is 0.410 e. The number of hydrogen-bond acceptors (Lipinski definition) is 4. The van der Waals surface area contributed by atoms with Crippen LogP contribution in [-0.4, -0.2) is 40.3 Å². The molecule has 190 valence electrons. The topological polar surface area (TPSA) is 78.9 Å². The predicted molar refractivity (Wildman–Crippen MR) is 144 cm³/mol. The van der Waals surface area contributed by atoms with Gasteiger partial charge in [0.2, 0.25) is 0 Å². The highest BCUT2D eigenvalue weighted by Gasteiger charge is 2.22. The number of benzene rings is 3. The number of rotatable bonds is 9. The van der Waals surface area contributed by atoms with Gasteiger partial charge in [0.25, 0.3) is 0 Å². The van der Waals surface area contributed by atoms with Crippen LogP contribution >= 0.6 is 0 Å². The van der Waals surface area contributed by atoms with Gasteiger partial charge in [0.15, 0.2) is 0 Å². The maximum atomic E-state index is 12.9. The lowest BCUT2D eigenvalue weighted by molar-refractivity contribution is 0.0235. The molecule has 3 aromatic rings. The summed E-state index contributed by atoms with van der Waals surface area (Å²) >= 11 is 0. The SMILES string of the molecule is CC(C)Nc1cc(-c2ccc(CCN(Cc3ccccc3)C(=O)OC(C)(C)C)cc2)ccc1C(=O)O. The van der Waals surface area contributed by atoms with E-state index in [9.17, 15) is 14.7 Å². The summed E-state index contributed by atoms with van der Waals surface area (Å²) in [5.41, 5.74) is 4.38. The van der Waals surface area contributed by atoms with Crippen LogP contribution in [0.15, 0.2) is 72.8 Å². The smallest absolute Gasteiger partial charge is 0.410 e. The Kier molecular flexibility index (Phi) is 8.75. The minimum atomic E-state index is -0.954. The third-order valence-corrected chi connectivity index (χ3v) is 5.52. The van der Waals surface area contributed by atoms with Crippen molar-refractivity contribution in [2.45, 2.75) is 59.2 Å². The molecule has 0 radical (unpaired) electrons. The molecule has 0 aromatic heterocycles. The van der Waals surface area contributed by atoms with E-state index in [4.69, 9.17) is 4.74 Å². The second-order valence-corrected chi connectivity index (χ2v) is 10.2. The molecule has 0 atom stereocenters. The Hall–Kier alpha value is -3.80. The standard InChI is InChI=1S/C30H36N2O4/c1-21(2)31-27-19-25(15-16-26(27)28(33)34)24-13-11-22(12-14-24)17-18-32(29(35)36-30(3,4)5)20-23-9-7-6-8-10-23/h6-16,19,21,31H,17-18,20H2,1-5H3,(H,33,34). The van der Waals surface area contributed by atoms with Crippen LogP contribution in [0, 0.1) is 0 Å². The molecule has 0 aliphatic heterocycles. The van der Waals surface area contributed by atoms with Gasteiger partial charge in [-0.15, -0.1) is 0 Å². The fourth-order valence-electron chi connectivity index (χ4n) is 3.83. The lowest BCUT2D eigenvalue weighted by atomic mass is 10.00. The summed E-state index contributed by atoms with van der Waals surface area (Å²) in [6, 6.07) is 23.5. The summed E-state index contributed by atoms with van der Waals surface area (Å²) in [6.45, 7) is 10.6. The number of carboxylic acid groups (broad SMARTS) is 1. The molecular weight excluding hydrogens is 452 g/mol. The van der Waals surface area contributed by atoms with Crippen LogP contribution in [0.3, 0.4) is 0 Å². The third-order valence-electron chi connectivity index (χ3n) is 5.52. The van der Waals surface area contributed by atoms with Gasteiger partial charge < -0.3 is 20.1 Å². The second kappa shape index (κ2) is 11.8. The van der Waals surface area contributed by atoms with E-state index in [0.717, 1.165) is 22.3 Å². The van der Waals surface area contributed by atoms with Crippen molar-refractivity contribution in [3.05, 3.63) is 89.5 Å². The minimum absolute atomic E-state index is 0.115. The molecule has 1 amide bonds. The molecule has 0 spiro atoms.